The summed E-state index contributed by atoms with van der Waals surface area (Å²) in [4.78, 5) is 13.3. The van der Waals surface area contributed by atoms with Gasteiger partial charge in [-0.15, -0.1) is 0 Å². The fourth-order valence-corrected chi connectivity index (χ4v) is 1.93. The van der Waals surface area contributed by atoms with Crippen LogP contribution >= 0.6 is 0 Å². The third-order valence-corrected chi connectivity index (χ3v) is 2.92. The standard InChI is InChI=1S/C13H16N2O3/c1-6(2)10-7(3)8(4)11(10)17-9(5)12-14-13(16)18-15-12/h6,9H,3-4H2,1-2,5H3,(H,14,15,16). The molecule has 2 rings (SSSR count). The maximum atomic E-state index is 10.9. The molecule has 0 bridgehead atoms. The van der Waals surface area contributed by atoms with Gasteiger partial charge in [0.2, 0.25) is 0 Å². The molecule has 5 nitrogen and oxygen atoms in total. The first kappa shape index (κ1) is 12.4. The summed E-state index contributed by atoms with van der Waals surface area (Å²) in [5.41, 5.74) is 2.80. The van der Waals surface area contributed by atoms with Gasteiger partial charge in [-0.1, -0.05) is 32.2 Å². The van der Waals surface area contributed by atoms with Crippen molar-refractivity contribution in [3.05, 3.63) is 52.0 Å². The lowest BCUT2D eigenvalue weighted by molar-refractivity contribution is 0.121. The summed E-state index contributed by atoms with van der Waals surface area (Å²) in [6.45, 7) is 13.8. The molecule has 0 aliphatic heterocycles. The van der Waals surface area contributed by atoms with Crippen LogP contribution < -0.4 is 5.76 Å². The third-order valence-electron chi connectivity index (χ3n) is 2.92. The van der Waals surface area contributed by atoms with E-state index in [1.54, 1.807) is 6.92 Å². The van der Waals surface area contributed by atoms with Crippen molar-refractivity contribution in [3.8, 4) is 0 Å². The first-order valence-corrected chi connectivity index (χ1v) is 5.77. The van der Waals surface area contributed by atoms with Gasteiger partial charge in [0.25, 0.3) is 0 Å². The lowest BCUT2D eigenvalue weighted by Crippen LogP contribution is -2.19. The molecule has 0 aromatic carbocycles. The van der Waals surface area contributed by atoms with Gasteiger partial charge in [-0.3, -0.25) is 9.51 Å². The number of nitrogens with zero attached hydrogens (tertiary/aromatic N) is 1. The number of ether oxygens (including phenoxy) is 1. The predicted molar refractivity (Wildman–Crippen MR) is 66.8 cm³/mol. The quantitative estimate of drug-likeness (QED) is 0.888. The van der Waals surface area contributed by atoms with Crippen molar-refractivity contribution in [2.24, 2.45) is 5.92 Å². The fraction of sp³-hybridized carbons (Fsp3) is 0.385. The van der Waals surface area contributed by atoms with Gasteiger partial charge in [0.1, 0.15) is 5.76 Å². The Morgan fingerprint density at radius 1 is 1.28 bits per heavy atom. The second kappa shape index (κ2) is 4.33. The SMILES string of the molecule is C=C1C(=C)C(C(C)C)=C1OC(C)c1noc(=O)[nH]1. The van der Waals surface area contributed by atoms with Gasteiger partial charge < -0.3 is 4.74 Å². The number of allylic oxidation sites excluding steroid dienone is 2. The number of aromatic nitrogens is 2. The van der Waals surface area contributed by atoms with Gasteiger partial charge in [0.05, 0.1) is 0 Å². The molecule has 1 aromatic rings. The molecule has 1 aliphatic rings. The van der Waals surface area contributed by atoms with E-state index in [0.29, 0.717) is 11.7 Å². The van der Waals surface area contributed by atoms with Crippen LogP contribution in [0.4, 0.5) is 0 Å². The molecule has 1 aliphatic carbocycles. The Balaban J connectivity index is 2.21. The first-order valence-electron chi connectivity index (χ1n) is 5.77. The molecule has 0 radical (unpaired) electrons. The van der Waals surface area contributed by atoms with Crippen LogP contribution in [0.5, 0.6) is 0 Å². The highest BCUT2D eigenvalue weighted by Gasteiger charge is 2.31. The second-order valence-electron chi connectivity index (χ2n) is 4.59. The Morgan fingerprint density at radius 2 is 1.94 bits per heavy atom. The van der Waals surface area contributed by atoms with Crippen molar-refractivity contribution < 1.29 is 9.26 Å². The molecule has 1 unspecified atom stereocenters. The highest BCUT2D eigenvalue weighted by molar-refractivity contribution is 5.65. The molecule has 1 N–H and O–H groups in total. The van der Waals surface area contributed by atoms with E-state index in [-0.39, 0.29) is 0 Å². The van der Waals surface area contributed by atoms with Crippen LogP contribution in [0.1, 0.15) is 32.7 Å². The second-order valence-corrected chi connectivity index (χ2v) is 4.59. The number of nitrogens with one attached hydrogen (secondary N) is 1. The van der Waals surface area contributed by atoms with E-state index >= 15 is 0 Å². The van der Waals surface area contributed by atoms with Crippen molar-refractivity contribution in [1.82, 2.24) is 10.1 Å². The molecule has 96 valence electrons. The Hall–Kier alpha value is -2.04. The van der Waals surface area contributed by atoms with E-state index in [0.717, 1.165) is 22.5 Å². The molecule has 5 heteroatoms. The number of hydrogen-bond donors (Lipinski definition) is 1. The van der Waals surface area contributed by atoms with Crippen molar-refractivity contribution in [1.29, 1.82) is 0 Å². The summed E-state index contributed by atoms with van der Waals surface area (Å²) in [5, 5.41) is 3.60. The Labute approximate surface area is 105 Å². The summed E-state index contributed by atoms with van der Waals surface area (Å²) in [6, 6.07) is 0. The summed E-state index contributed by atoms with van der Waals surface area (Å²) in [6.07, 6.45) is -0.398. The van der Waals surface area contributed by atoms with Crippen LogP contribution in [0.3, 0.4) is 0 Å². The normalized spacial score (nSPS) is 17.1. The highest BCUT2D eigenvalue weighted by atomic mass is 16.5. The lowest BCUT2D eigenvalue weighted by Gasteiger charge is -2.32. The molecule has 0 saturated heterocycles. The molecular weight excluding hydrogens is 232 g/mol. The minimum Gasteiger partial charge on any atom is -0.482 e. The van der Waals surface area contributed by atoms with Gasteiger partial charge in [-0.25, -0.2) is 4.79 Å². The largest absolute Gasteiger partial charge is 0.482 e. The van der Waals surface area contributed by atoms with Crippen LogP contribution in [-0.4, -0.2) is 10.1 Å². The van der Waals surface area contributed by atoms with E-state index in [1.165, 1.54) is 0 Å². The monoisotopic (exact) mass is 248 g/mol. The Morgan fingerprint density at radius 3 is 2.44 bits per heavy atom. The van der Waals surface area contributed by atoms with Crippen molar-refractivity contribution >= 4 is 0 Å². The van der Waals surface area contributed by atoms with Gasteiger partial charge >= 0.3 is 5.76 Å². The van der Waals surface area contributed by atoms with Crippen molar-refractivity contribution in [3.63, 3.8) is 0 Å². The topological polar surface area (TPSA) is 68.1 Å². The van der Waals surface area contributed by atoms with Crippen LogP contribution in [0.25, 0.3) is 0 Å². The fourth-order valence-electron chi connectivity index (χ4n) is 1.93. The number of H-pyrrole nitrogens is 1. The summed E-state index contributed by atoms with van der Waals surface area (Å²) in [5.74, 6) is 0.837. The Kier molecular flexibility index (Phi) is 2.98. The van der Waals surface area contributed by atoms with E-state index < -0.39 is 11.9 Å². The molecule has 0 fully saturated rings. The number of aromatic amines is 1. The molecule has 1 atom stereocenters. The van der Waals surface area contributed by atoms with Gasteiger partial charge in [-0.05, 0) is 18.4 Å². The van der Waals surface area contributed by atoms with Crippen LogP contribution in [0.2, 0.25) is 0 Å². The Bertz CT molecular complexity index is 589. The van der Waals surface area contributed by atoms with Crippen molar-refractivity contribution in [2.75, 3.05) is 0 Å². The van der Waals surface area contributed by atoms with Gasteiger partial charge in [-0.2, -0.15) is 0 Å². The van der Waals surface area contributed by atoms with E-state index in [4.69, 9.17) is 4.74 Å². The third kappa shape index (κ3) is 1.92. The minimum absolute atomic E-state index is 0.321. The molecule has 0 spiro atoms. The molecule has 1 aromatic heterocycles. The average Bonchev–Trinajstić information content (AvgIpc) is 2.74. The predicted octanol–water partition coefficient (Wildman–Crippen LogP) is 2.48. The van der Waals surface area contributed by atoms with Crippen LogP contribution in [0, 0.1) is 5.92 Å². The molecule has 0 amide bonds. The smallest absolute Gasteiger partial charge is 0.439 e. The maximum Gasteiger partial charge on any atom is 0.439 e. The zero-order valence-electron chi connectivity index (χ0n) is 10.7. The summed E-state index contributed by atoms with van der Waals surface area (Å²) in [7, 11) is 0. The highest BCUT2D eigenvalue weighted by Crippen LogP contribution is 2.43. The zero-order valence-corrected chi connectivity index (χ0v) is 10.7. The summed E-state index contributed by atoms with van der Waals surface area (Å²) < 4.78 is 10.2. The zero-order chi connectivity index (χ0) is 13.4. The van der Waals surface area contributed by atoms with Crippen LogP contribution in [-0.2, 0) is 4.74 Å². The maximum absolute atomic E-state index is 10.9. The number of rotatable bonds is 4. The van der Waals surface area contributed by atoms with E-state index in [9.17, 15) is 4.79 Å². The van der Waals surface area contributed by atoms with Crippen LogP contribution in [0.15, 0.2) is 45.0 Å². The minimum atomic E-state index is -0.588. The van der Waals surface area contributed by atoms with Gasteiger partial charge in [0.15, 0.2) is 11.9 Å². The molecule has 0 saturated carbocycles. The van der Waals surface area contributed by atoms with Gasteiger partial charge in [0, 0.05) is 11.1 Å². The lowest BCUT2D eigenvalue weighted by atomic mass is 9.79. The van der Waals surface area contributed by atoms with E-state index in [2.05, 4.69) is 41.7 Å². The molecule has 1 heterocycles. The molecule has 18 heavy (non-hydrogen) atoms. The first-order chi connectivity index (χ1) is 8.41. The molecular formula is C13H16N2O3. The number of hydrogen-bond acceptors (Lipinski definition) is 4. The van der Waals surface area contributed by atoms with Crippen molar-refractivity contribution in [2.45, 2.75) is 26.9 Å². The average molecular weight is 248 g/mol. The van der Waals surface area contributed by atoms with E-state index in [1.807, 2.05) is 0 Å². The summed E-state index contributed by atoms with van der Waals surface area (Å²) >= 11 is 0.